The van der Waals surface area contributed by atoms with Crippen molar-refractivity contribution >= 4 is 33.7 Å². The molecule has 0 aliphatic heterocycles. The van der Waals surface area contributed by atoms with Gasteiger partial charge < -0.3 is 5.32 Å². The minimum absolute atomic E-state index is 0.724. The van der Waals surface area contributed by atoms with Gasteiger partial charge in [0.25, 0.3) is 0 Å². The van der Waals surface area contributed by atoms with Crippen LogP contribution in [0.5, 0.6) is 0 Å². The molecule has 0 bridgehead atoms. The average molecular weight is 372 g/mol. The highest BCUT2D eigenvalue weighted by Crippen LogP contribution is 2.34. The molecule has 2 heteroatoms. The van der Waals surface area contributed by atoms with E-state index in [1.54, 1.807) is 0 Å². The standard InChI is InChI=1S/C25H22ClN/c1-3-20-22-9-5-4-8-18(22)12-14-23(20)21-15-13-19(16-17(21)2)27-25-11-7-6-10-24(25)26/h4-16,27H,3H2,1-2H3. The fourth-order valence-electron chi connectivity index (χ4n) is 3.73. The second-order valence-corrected chi connectivity index (χ2v) is 7.21. The summed E-state index contributed by atoms with van der Waals surface area (Å²) in [6, 6.07) is 27.4. The van der Waals surface area contributed by atoms with Gasteiger partial charge in [0.15, 0.2) is 0 Å². The number of para-hydroxylation sites is 1. The van der Waals surface area contributed by atoms with Crippen LogP contribution < -0.4 is 5.32 Å². The number of halogens is 1. The third-order valence-electron chi connectivity index (χ3n) is 5.06. The molecule has 4 aromatic rings. The Bertz CT molecular complexity index is 1110. The van der Waals surface area contributed by atoms with Gasteiger partial charge in [-0.1, -0.05) is 73.1 Å². The number of benzene rings is 4. The van der Waals surface area contributed by atoms with Gasteiger partial charge >= 0.3 is 0 Å². The Kier molecular flexibility index (Phi) is 4.87. The minimum atomic E-state index is 0.724. The zero-order chi connectivity index (χ0) is 18.8. The lowest BCUT2D eigenvalue weighted by molar-refractivity contribution is 1.16. The summed E-state index contributed by atoms with van der Waals surface area (Å²) in [6.07, 6.45) is 1.01. The second kappa shape index (κ2) is 7.46. The lowest BCUT2D eigenvalue weighted by Crippen LogP contribution is -1.95. The highest BCUT2D eigenvalue weighted by atomic mass is 35.5. The summed E-state index contributed by atoms with van der Waals surface area (Å²) in [6.45, 7) is 4.40. The summed E-state index contributed by atoms with van der Waals surface area (Å²) in [5.41, 5.74) is 7.22. The Morgan fingerprint density at radius 3 is 2.33 bits per heavy atom. The number of rotatable bonds is 4. The van der Waals surface area contributed by atoms with Gasteiger partial charge in [-0.15, -0.1) is 0 Å². The summed E-state index contributed by atoms with van der Waals surface area (Å²) in [4.78, 5) is 0. The van der Waals surface area contributed by atoms with E-state index in [0.29, 0.717) is 0 Å². The van der Waals surface area contributed by atoms with Crippen LogP contribution in [0.15, 0.2) is 78.9 Å². The number of nitrogens with one attached hydrogen (secondary N) is 1. The molecule has 1 N–H and O–H groups in total. The molecule has 0 saturated heterocycles. The van der Waals surface area contributed by atoms with E-state index in [1.165, 1.54) is 33.0 Å². The largest absolute Gasteiger partial charge is 0.354 e. The Hall–Kier alpha value is -2.77. The molecule has 0 aromatic heterocycles. The molecule has 0 heterocycles. The molecule has 0 spiro atoms. The molecule has 0 atom stereocenters. The van der Waals surface area contributed by atoms with E-state index in [1.807, 2.05) is 24.3 Å². The van der Waals surface area contributed by atoms with Crippen LogP contribution in [0, 0.1) is 6.92 Å². The summed E-state index contributed by atoms with van der Waals surface area (Å²) in [7, 11) is 0. The van der Waals surface area contributed by atoms with E-state index >= 15 is 0 Å². The first-order chi connectivity index (χ1) is 13.2. The summed E-state index contributed by atoms with van der Waals surface area (Å²) < 4.78 is 0. The van der Waals surface area contributed by atoms with Crippen molar-refractivity contribution in [3.05, 3.63) is 95.0 Å². The predicted octanol–water partition coefficient (Wildman–Crippen LogP) is 7.77. The quantitative estimate of drug-likeness (QED) is 0.386. The number of aryl methyl sites for hydroxylation is 2. The van der Waals surface area contributed by atoms with Gasteiger partial charge in [-0.25, -0.2) is 0 Å². The van der Waals surface area contributed by atoms with Crippen molar-refractivity contribution in [2.45, 2.75) is 20.3 Å². The Morgan fingerprint density at radius 2 is 1.56 bits per heavy atom. The molecule has 27 heavy (non-hydrogen) atoms. The lowest BCUT2D eigenvalue weighted by Gasteiger charge is -2.16. The van der Waals surface area contributed by atoms with Gasteiger partial charge in [0.1, 0.15) is 0 Å². The molecule has 0 radical (unpaired) electrons. The zero-order valence-corrected chi connectivity index (χ0v) is 16.3. The van der Waals surface area contributed by atoms with Crippen molar-refractivity contribution < 1.29 is 0 Å². The maximum absolute atomic E-state index is 6.27. The van der Waals surface area contributed by atoms with Gasteiger partial charge in [-0.3, -0.25) is 0 Å². The van der Waals surface area contributed by atoms with Crippen LogP contribution in [-0.2, 0) is 6.42 Å². The van der Waals surface area contributed by atoms with E-state index in [9.17, 15) is 0 Å². The van der Waals surface area contributed by atoms with E-state index in [0.717, 1.165) is 22.8 Å². The second-order valence-electron chi connectivity index (χ2n) is 6.80. The number of anilines is 2. The number of hydrogen-bond acceptors (Lipinski definition) is 1. The smallest absolute Gasteiger partial charge is 0.0640 e. The molecular weight excluding hydrogens is 350 g/mol. The first-order valence-corrected chi connectivity index (χ1v) is 9.68. The SMILES string of the molecule is CCc1c(-c2ccc(Nc3ccccc3Cl)cc2C)ccc2ccccc12. The summed E-state index contributed by atoms with van der Waals surface area (Å²) in [5, 5.41) is 6.78. The molecule has 4 rings (SSSR count). The fourth-order valence-corrected chi connectivity index (χ4v) is 3.91. The van der Waals surface area contributed by atoms with Crippen LogP contribution in [0.25, 0.3) is 21.9 Å². The van der Waals surface area contributed by atoms with Gasteiger partial charge in [-0.05, 0) is 70.6 Å². The summed E-state index contributed by atoms with van der Waals surface area (Å²) in [5.74, 6) is 0. The van der Waals surface area contributed by atoms with Gasteiger partial charge in [-0.2, -0.15) is 0 Å². The molecule has 0 fully saturated rings. The van der Waals surface area contributed by atoms with E-state index < -0.39 is 0 Å². The normalized spacial score (nSPS) is 10.9. The predicted molar refractivity (Wildman–Crippen MR) is 118 cm³/mol. The molecule has 0 amide bonds. The fraction of sp³-hybridized carbons (Fsp3) is 0.120. The first kappa shape index (κ1) is 17.6. The van der Waals surface area contributed by atoms with Crippen LogP contribution in [0.2, 0.25) is 5.02 Å². The minimum Gasteiger partial charge on any atom is -0.354 e. The monoisotopic (exact) mass is 371 g/mol. The Balaban J connectivity index is 1.75. The third kappa shape index (κ3) is 3.43. The van der Waals surface area contributed by atoms with E-state index in [2.05, 4.69) is 73.8 Å². The maximum Gasteiger partial charge on any atom is 0.0640 e. The third-order valence-corrected chi connectivity index (χ3v) is 5.39. The summed E-state index contributed by atoms with van der Waals surface area (Å²) >= 11 is 6.27. The molecule has 0 unspecified atom stereocenters. The van der Waals surface area contributed by atoms with Crippen LogP contribution in [0.3, 0.4) is 0 Å². The molecule has 134 valence electrons. The molecule has 0 aliphatic carbocycles. The van der Waals surface area contributed by atoms with Gasteiger partial charge in [0.05, 0.1) is 10.7 Å². The van der Waals surface area contributed by atoms with Crippen molar-refractivity contribution in [1.82, 2.24) is 0 Å². The topological polar surface area (TPSA) is 12.0 Å². The Morgan fingerprint density at radius 1 is 0.815 bits per heavy atom. The van der Waals surface area contributed by atoms with Crippen LogP contribution >= 0.6 is 11.6 Å². The van der Waals surface area contributed by atoms with Crippen LogP contribution in [0.4, 0.5) is 11.4 Å². The maximum atomic E-state index is 6.27. The van der Waals surface area contributed by atoms with Crippen molar-refractivity contribution in [3.8, 4) is 11.1 Å². The lowest BCUT2D eigenvalue weighted by atomic mass is 9.90. The molecule has 0 saturated carbocycles. The highest BCUT2D eigenvalue weighted by Gasteiger charge is 2.11. The number of hydrogen-bond donors (Lipinski definition) is 1. The van der Waals surface area contributed by atoms with Crippen molar-refractivity contribution in [2.24, 2.45) is 0 Å². The zero-order valence-electron chi connectivity index (χ0n) is 15.6. The molecule has 0 aliphatic rings. The van der Waals surface area contributed by atoms with Gasteiger partial charge in [0.2, 0.25) is 0 Å². The molecular formula is C25H22ClN. The first-order valence-electron chi connectivity index (χ1n) is 9.30. The van der Waals surface area contributed by atoms with Crippen LogP contribution in [-0.4, -0.2) is 0 Å². The average Bonchev–Trinajstić information content (AvgIpc) is 2.69. The van der Waals surface area contributed by atoms with E-state index in [-0.39, 0.29) is 0 Å². The highest BCUT2D eigenvalue weighted by molar-refractivity contribution is 6.33. The van der Waals surface area contributed by atoms with Crippen molar-refractivity contribution in [2.75, 3.05) is 5.32 Å². The molecule has 1 nitrogen and oxygen atoms in total. The molecule has 4 aromatic carbocycles. The van der Waals surface area contributed by atoms with Gasteiger partial charge in [0, 0.05) is 5.69 Å². The van der Waals surface area contributed by atoms with Crippen molar-refractivity contribution in [3.63, 3.8) is 0 Å². The Labute approximate surface area is 165 Å². The number of fused-ring (bicyclic) bond motifs is 1. The van der Waals surface area contributed by atoms with Crippen LogP contribution in [0.1, 0.15) is 18.1 Å². The van der Waals surface area contributed by atoms with E-state index in [4.69, 9.17) is 11.6 Å². The van der Waals surface area contributed by atoms with Crippen molar-refractivity contribution in [1.29, 1.82) is 0 Å².